The first-order valence-corrected chi connectivity index (χ1v) is 7.30. The van der Waals surface area contributed by atoms with Crippen molar-refractivity contribution in [3.05, 3.63) is 21.9 Å². The van der Waals surface area contributed by atoms with E-state index in [2.05, 4.69) is 25.6 Å². The van der Waals surface area contributed by atoms with E-state index in [9.17, 15) is 8.42 Å². The van der Waals surface area contributed by atoms with Gasteiger partial charge in [0.15, 0.2) is 0 Å². The maximum Gasteiger partial charge on any atom is 0.243 e. The van der Waals surface area contributed by atoms with Gasteiger partial charge in [0.05, 0.1) is 6.07 Å². The van der Waals surface area contributed by atoms with Crippen LogP contribution in [0.15, 0.2) is 21.6 Å². The van der Waals surface area contributed by atoms with Crippen LogP contribution in [-0.2, 0) is 10.0 Å². The summed E-state index contributed by atoms with van der Waals surface area (Å²) in [4.78, 5) is 3.66. The third kappa shape index (κ3) is 4.24. The zero-order valence-corrected chi connectivity index (χ0v) is 11.8. The lowest BCUT2D eigenvalue weighted by Crippen LogP contribution is -2.25. The lowest BCUT2D eigenvalue weighted by Gasteiger charge is -2.07. The molecule has 0 aromatic carbocycles. The van der Waals surface area contributed by atoms with E-state index < -0.39 is 10.0 Å². The Morgan fingerprint density at radius 3 is 2.94 bits per heavy atom. The minimum atomic E-state index is -3.68. The average molecular weight is 339 g/mol. The number of nitrogens with one attached hydrogen (secondary N) is 1. The van der Waals surface area contributed by atoms with E-state index in [0.717, 1.165) is 0 Å². The van der Waals surface area contributed by atoms with Crippen LogP contribution in [0.3, 0.4) is 0 Å². The van der Waals surface area contributed by atoms with Crippen LogP contribution in [0.25, 0.3) is 0 Å². The summed E-state index contributed by atoms with van der Waals surface area (Å²) in [6, 6.07) is 3.31. The summed E-state index contributed by atoms with van der Waals surface area (Å²) in [6.07, 6.45) is 2.17. The molecule has 1 N–H and O–H groups in total. The Kier molecular flexibility index (Phi) is 5.33. The molecule has 92 valence electrons. The molecule has 0 fully saturated rings. The van der Waals surface area contributed by atoms with Gasteiger partial charge in [-0.1, -0.05) is 11.6 Å². The van der Waals surface area contributed by atoms with Gasteiger partial charge in [0.25, 0.3) is 0 Å². The molecule has 0 saturated heterocycles. The van der Waals surface area contributed by atoms with Gasteiger partial charge >= 0.3 is 0 Å². The summed E-state index contributed by atoms with van der Waals surface area (Å²) in [5, 5.41) is 8.25. The molecule has 0 aliphatic carbocycles. The monoisotopic (exact) mass is 337 g/mol. The van der Waals surface area contributed by atoms with Crippen LogP contribution in [-0.4, -0.2) is 19.9 Å². The lowest BCUT2D eigenvalue weighted by atomic mass is 10.3. The van der Waals surface area contributed by atoms with Crippen molar-refractivity contribution in [2.45, 2.75) is 17.7 Å². The number of pyridine rings is 1. The summed E-state index contributed by atoms with van der Waals surface area (Å²) in [7, 11) is -3.68. The highest BCUT2D eigenvalue weighted by molar-refractivity contribution is 9.10. The Bertz CT molecular complexity index is 542. The standard InChI is InChI=1S/C9H9BrClN3O2S/c10-7-5-8(9(11)13-6-7)17(15,16)14-4-2-1-3-12/h5-6,14H,1-2,4H2. The van der Waals surface area contributed by atoms with Crippen molar-refractivity contribution in [1.82, 2.24) is 9.71 Å². The molecule has 17 heavy (non-hydrogen) atoms. The SMILES string of the molecule is N#CCCCNS(=O)(=O)c1cc(Br)cnc1Cl. The van der Waals surface area contributed by atoms with Crippen molar-refractivity contribution in [3.8, 4) is 6.07 Å². The molecule has 1 rings (SSSR count). The van der Waals surface area contributed by atoms with Crippen molar-refractivity contribution in [2.75, 3.05) is 6.54 Å². The summed E-state index contributed by atoms with van der Waals surface area (Å²) >= 11 is 8.84. The van der Waals surface area contributed by atoms with Gasteiger partial charge in [-0.2, -0.15) is 5.26 Å². The maximum absolute atomic E-state index is 11.8. The van der Waals surface area contributed by atoms with Crippen LogP contribution in [0.5, 0.6) is 0 Å². The van der Waals surface area contributed by atoms with Crippen LogP contribution < -0.4 is 4.72 Å². The van der Waals surface area contributed by atoms with E-state index in [1.807, 2.05) is 6.07 Å². The highest BCUT2D eigenvalue weighted by atomic mass is 79.9. The van der Waals surface area contributed by atoms with E-state index in [4.69, 9.17) is 16.9 Å². The van der Waals surface area contributed by atoms with E-state index in [0.29, 0.717) is 17.3 Å². The van der Waals surface area contributed by atoms with Crippen LogP contribution in [0.4, 0.5) is 0 Å². The molecule has 0 aliphatic heterocycles. The Morgan fingerprint density at radius 2 is 2.29 bits per heavy atom. The van der Waals surface area contributed by atoms with Crippen molar-refractivity contribution in [3.63, 3.8) is 0 Å². The van der Waals surface area contributed by atoms with Crippen molar-refractivity contribution in [1.29, 1.82) is 5.26 Å². The smallest absolute Gasteiger partial charge is 0.242 e. The van der Waals surface area contributed by atoms with E-state index in [1.54, 1.807) is 0 Å². The summed E-state index contributed by atoms with van der Waals surface area (Å²) in [6.45, 7) is 0.193. The molecule has 0 aliphatic rings. The summed E-state index contributed by atoms with van der Waals surface area (Å²) < 4.78 is 26.5. The highest BCUT2D eigenvalue weighted by Gasteiger charge is 2.18. The molecule has 0 atom stereocenters. The molecule has 8 heteroatoms. The number of aromatic nitrogens is 1. The van der Waals surface area contributed by atoms with Gasteiger partial charge in [-0.05, 0) is 28.4 Å². The number of rotatable bonds is 5. The van der Waals surface area contributed by atoms with Crippen molar-refractivity contribution >= 4 is 37.6 Å². The summed E-state index contributed by atoms with van der Waals surface area (Å²) in [5.41, 5.74) is 0. The van der Waals surface area contributed by atoms with Crippen LogP contribution >= 0.6 is 27.5 Å². The average Bonchev–Trinajstić information content (AvgIpc) is 2.28. The largest absolute Gasteiger partial charge is 0.243 e. The predicted octanol–water partition coefficient (Wildman–Crippen LogP) is 2.08. The molecule has 1 aromatic heterocycles. The fraction of sp³-hybridized carbons (Fsp3) is 0.333. The van der Waals surface area contributed by atoms with Gasteiger partial charge in [0.1, 0.15) is 10.0 Å². The molecule has 0 unspecified atom stereocenters. The van der Waals surface area contributed by atoms with E-state index in [1.165, 1.54) is 12.3 Å². The number of hydrogen-bond acceptors (Lipinski definition) is 4. The Balaban J connectivity index is 2.83. The first-order chi connectivity index (χ1) is 7.97. The Labute approximate surface area is 113 Å². The number of unbranched alkanes of at least 4 members (excludes halogenated alkanes) is 1. The molecule has 0 bridgehead atoms. The van der Waals surface area contributed by atoms with Crippen LogP contribution in [0.1, 0.15) is 12.8 Å². The summed E-state index contributed by atoms with van der Waals surface area (Å²) in [5.74, 6) is 0. The molecule has 0 saturated carbocycles. The number of halogens is 2. The quantitative estimate of drug-likeness (QED) is 0.658. The first-order valence-electron chi connectivity index (χ1n) is 4.65. The van der Waals surface area contributed by atoms with E-state index >= 15 is 0 Å². The molecular formula is C9H9BrClN3O2S. The first kappa shape index (κ1) is 14.4. The minimum Gasteiger partial charge on any atom is -0.242 e. The zero-order valence-electron chi connectivity index (χ0n) is 8.65. The molecule has 5 nitrogen and oxygen atoms in total. The van der Waals surface area contributed by atoms with Crippen molar-refractivity contribution < 1.29 is 8.42 Å². The number of sulfonamides is 1. The number of nitriles is 1. The molecule has 0 spiro atoms. The topological polar surface area (TPSA) is 82.9 Å². The minimum absolute atomic E-state index is 0.0782. The predicted molar refractivity (Wildman–Crippen MR) is 67.0 cm³/mol. The normalized spacial score (nSPS) is 11.1. The fourth-order valence-corrected chi connectivity index (χ4v) is 3.06. The lowest BCUT2D eigenvalue weighted by molar-refractivity contribution is 0.579. The molecule has 1 aromatic rings. The Morgan fingerprint density at radius 1 is 1.59 bits per heavy atom. The van der Waals surface area contributed by atoms with Gasteiger partial charge in [-0.25, -0.2) is 18.1 Å². The van der Waals surface area contributed by atoms with Gasteiger partial charge < -0.3 is 0 Å². The highest BCUT2D eigenvalue weighted by Crippen LogP contribution is 2.22. The number of hydrogen-bond donors (Lipinski definition) is 1. The third-order valence-electron chi connectivity index (χ3n) is 1.82. The van der Waals surface area contributed by atoms with Gasteiger partial charge in [0.2, 0.25) is 10.0 Å². The second-order valence-electron chi connectivity index (χ2n) is 3.10. The molecule has 0 radical (unpaired) electrons. The molecule has 1 heterocycles. The third-order valence-corrected chi connectivity index (χ3v) is 4.14. The van der Waals surface area contributed by atoms with Crippen molar-refractivity contribution in [2.24, 2.45) is 0 Å². The van der Waals surface area contributed by atoms with Gasteiger partial charge in [-0.3, -0.25) is 0 Å². The van der Waals surface area contributed by atoms with Crippen LogP contribution in [0.2, 0.25) is 5.15 Å². The molecule has 0 amide bonds. The van der Waals surface area contributed by atoms with E-state index in [-0.39, 0.29) is 16.6 Å². The second kappa shape index (κ2) is 6.31. The molecular weight excluding hydrogens is 330 g/mol. The number of nitrogens with zero attached hydrogens (tertiary/aromatic N) is 2. The van der Waals surface area contributed by atoms with Crippen LogP contribution in [0, 0.1) is 11.3 Å². The van der Waals surface area contributed by atoms with Gasteiger partial charge in [0, 0.05) is 23.6 Å². The maximum atomic E-state index is 11.8. The fourth-order valence-electron chi connectivity index (χ4n) is 1.04. The van der Waals surface area contributed by atoms with Gasteiger partial charge in [-0.15, -0.1) is 0 Å². The zero-order chi connectivity index (χ0) is 12.9. The Hall–Kier alpha value is -0.680. The second-order valence-corrected chi connectivity index (χ2v) is 6.11.